The zero-order chi connectivity index (χ0) is 27.7. The maximum absolute atomic E-state index is 13.7. The van der Waals surface area contributed by atoms with E-state index in [2.05, 4.69) is 0 Å². The van der Waals surface area contributed by atoms with Crippen molar-refractivity contribution >= 4 is 36.5 Å². The Hall–Kier alpha value is -3.63. The molecular formula is C28H29NO7S2. The lowest BCUT2D eigenvalue weighted by Crippen LogP contribution is -2.15. The Balaban J connectivity index is 1.78. The Morgan fingerprint density at radius 2 is 1.32 bits per heavy atom. The van der Waals surface area contributed by atoms with Gasteiger partial charge in [-0.05, 0) is 93.9 Å². The van der Waals surface area contributed by atoms with Gasteiger partial charge < -0.3 is 9.47 Å². The molecule has 0 atom stereocenters. The molecule has 1 heterocycles. The first-order valence-corrected chi connectivity index (χ1v) is 15.2. The van der Waals surface area contributed by atoms with Crippen molar-refractivity contribution in [3.63, 3.8) is 0 Å². The van der Waals surface area contributed by atoms with Crippen molar-refractivity contribution in [2.45, 2.75) is 43.2 Å². The predicted octanol–water partition coefficient (Wildman–Crippen LogP) is 5.16. The molecule has 0 aliphatic heterocycles. The number of carbonyl (C=O) groups is 1. The van der Waals surface area contributed by atoms with E-state index in [0.717, 1.165) is 3.97 Å². The van der Waals surface area contributed by atoms with Crippen LogP contribution in [0.15, 0.2) is 76.5 Å². The van der Waals surface area contributed by atoms with E-state index in [0.29, 0.717) is 41.2 Å². The third-order valence-corrected chi connectivity index (χ3v) is 9.61. The fraction of sp³-hybridized carbons (Fsp3) is 0.250. The van der Waals surface area contributed by atoms with E-state index in [4.69, 9.17) is 9.47 Å². The van der Waals surface area contributed by atoms with Gasteiger partial charge in [0.15, 0.2) is 15.6 Å². The maximum Gasteiger partial charge on any atom is 0.268 e. The quantitative estimate of drug-likeness (QED) is 0.249. The molecule has 8 nitrogen and oxygen atoms in total. The molecule has 38 heavy (non-hydrogen) atoms. The lowest BCUT2D eigenvalue weighted by atomic mass is 10.1. The van der Waals surface area contributed by atoms with Crippen LogP contribution in [-0.2, 0) is 25.6 Å². The van der Waals surface area contributed by atoms with Gasteiger partial charge in [-0.3, -0.25) is 4.79 Å². The summed E-state index contributed by atoms with van der Waals surface area (Å²) in [6, 6.07) is 16.9. The summed E-state index contributed by atoms with van der Waals surface area (Å²) >= 11 is 0. The second-order valence-corrected chi connectivity index (χ2v) is 12.5. The van der Waals surface area contributed by atoms with Gasteiger partial charge in [0, 0.05) is 16.6 Å². The lowest BCUT2D eigenvalue weighted by molar-refractivity contribution is 0.101. The Labute approximate surface area is 222 Å². The Morgan fingerprint density at radius 3 is 1.82 bits per heavy atom. The minimum atomic E-state index is -4.06. The molecule has 0 bridgehead atoms. The van der Waals surface area contributed by atoms with E-state index in [1.807, 2.05) is 13.8 Å². The summed E-state index contributed by atoms with van der Waals surface area (Å²) in [6.07, 6.45) is 0. The molecule has 4 rings (SSSR count). The van der Waals surface area contributed by atoms with E-state index in [1.54, 1.807) is 49.4 Å². The van der Waals surface area contributed by atoms with Crippen molar-refractivity contribution in [1.29, 1.82) is 0 Å². The van der Waals surface area contributed by atoms with Gasteiger partial charge in [0.05, 0.1) is 34.3 Å². The van der Waals surface area contributed by atoms with Gasteiger partial charge in [0.1, 0.15) is 11.5 Å². The van der Waals surface area contributed by atoms with Crippen LogP contribution in [0.2, 0.25) is 0 Å². The van der Waals surface area contributed by atoms with E-state index in [1.165, 1.54) is 31.2 Å². The molecule has 0 N–H and O–H groups in total. The normalized spacial score (nSPS) is 12.0. The highest BCUT2D eigenvalue weighted by molar-refractivity contribution is 7.90. The Morgan fingerprint density at radius 1 is 0.789 bits per heavy atom. The fourth-order valence-corrected chi connectivity index (χ4v) is 7.37. The van der Waals surface area contributed by atoms with Crippen molar-refractivity contribution in [1.82, 2.24) is 3.97 Å². The molecule has 0 spiro atoms. The smallest absolute Gasteiger partial charge is 0.268 e. The maximum atomic E-state index is 13.7. The Bertz CT molecular complexity index is 1700. The van der Waals surface area contributed by atoms with Crippen LogP contribution in [0.5, 0.6) is 11.5 Å². The zero-order valence-corrected chi connectivity index (χ0v) is 23.2. The number of sulfone groups is 1. The predicted molar refractivity (Wildman–Crippen MR) is 145 cm³/mol. The molecule has 0 saturated carbocycles. The molecule has 4 aromatic rings. The van der Waals surface area contributed by atoms with Crippen LogP contribution in [0.1, 0.15) is 42.4 Å². The van der Waals surface area contributed by atoms with Crippen LogP contribution in [0, 0.1) is 6.92 Å². The summed E-state index contributed by atoms with van der Waals surface area (Å²) in [7, 11) is -7.77. The molecule has 0 amide bonds. The van der Waals surface area contributed by atoms with Gasteiger partial charge in [0.25, 0.3) is 10.0 Å². The first-order valence-electron chi connectivity index (χ1n) is 12.1. The molecule has 0 fully saturated rings. The standard InChI is InChI=1S/C28H29NO7S2/c1-5-35-22-8-12-24(13-9-22)37(31,32)18-21-7-16-27-26(17-21)28(20(4)30)19(3)29(27)38(33,34)25-14-10-23(11-15-25)36-6-2/h7-17H,5-6,18H2,1-4H3. The molecule has 1 aromatic heterocycles. The average molecular weight is 556 g/mol. The van der Waals surface area contributed by atoms with E-state index >= 15 is 0 Å². The van der Waals surface area contributed by atoms with Gasteiger partial charge in [0.2, 0.25) is 0 Å². The molecule has 200 valence electrons. The number of Topliss-reactive ketones (excluding diaryl/α,β-unsaturated/α-hetero) is 1. The number of hydrogen-bond acceptors (Lipinski definition) is 7. The highest BCUT2D eigenvalue weighted by atomic mass is 32.2. The van der Waals surface area contributed by atoms with Crippen molar-refractivity contribution in [2.24, 2.45) is 0 Å². The SMILES string of the molecule is CCOc1ccc(S(=O)(=O)Cc2ccc3c(c2)c(C(C)=O)c(C)n3S(=O)(=O)c2ccc(OCC)cc2)cc1. The van der Waals surface area contributed by atoms with E-state index in [-0.39, 0.29) is 32.6 Å². The van der Waals surface area contributed by atoms with Crippen molar-refractivity contribution in [3.8, 4) is 11.5 Å². The highest BCUT2D eigenvalue weighted by Gasteiger charge is 2.27. The number of rotatable bonds is 10. The van der Waals surface area contributed by atoms with Gasteiger partial charge in [-0.25, -0.2) is 20.8 Å². The number of aromatic nitrogens is 1. The van der Waals surface area contributed by atoms with Gasteiger partial charge in [-0.2, -0.15) is 0 Å². The molecule has 0 unspecified atom stereocenters. The number of fused-ring (bicyclic) bond motifs is 1. The lowest BCUT2D eigenvalue weighted by Gasteiger charge is -2.11. The van der Waals surface area contributed by atoms with Crippen LogP contribution >= 0.6 is 0 Å². The molecule has 0 saturated heterocycles. The number of nitrogens with zero attached hydrogens (tertiary/aromatic N) is 1. The van der Waals surface area contributed by atoms with E-state index in [9.17, 15) is 21.6 Å². The van der Waals surface area contributed by atoms with Crippen molar-refractivity contribution < 1.29 is 31.1 Å². The molecular weight excluding hydrogens is 526 g/mol. The first kappa shape index (κ1) is 27.4. The minimum Gasteiger partial charge on any atom is -0.494 e. The van der Waals surface area contributed by atoms with Crippen LogP contribution in [-0.4, -0.2) is 39.8 Å². The number of ether oxygens (including phenoxy) is 2. The summed E-state index contributed by atoms with van der Waals surface area (Å²) < 4.78 is 65.4. The third kappa shape index (κ3) is 5.19. The van der Waals surface area contributed by atoms with Crippen LogP contribution in [0.4, 0.5) is 0 Å². The number of carbonyl (C=O) groups excluding carboxylic acids is 1. The highest BCUT2D eigenvalue weighted by Crippen LogP contribution is 2.32. The molecule has 3 aromatic carbocycles. The summed E-state index contributed by atoms with van der Waals surface area (Å²) in [5.74, 6) is 0.483. The fourth-order valence-electron chi connectivity index (χ4n) is 4.47. The van der Waals surface area contributed by atoms with Crippen LogP contribution < -0.4 is 9.47 Å². The average Bonchev–Trinajstić information content (AvgIpc) is 3.16. The second-order valence-electron chi connectivity index (χ2n) is 8.71. The minimum absolute atomic E-state index is 0.0400. The summed E-state index contributed by atoms with van der Waals surface area (Å²) in [5.41, 5.74) is 1.22. The molecule has 0 aliphatic carbocycles. The monoisotopic (exact) mass is 555 g/mol. The first-order chi connectivity index (χ1) is 18.0. The van der Waals surface area contributed by atoms with Gasteiger partial charge in [-0.15, -0.1) is 0 Å². The molecule has 0 aliphatic rings. The number of hydrogen-bond donors (Lipinski definition) is 0. The van der Waals surface area contributed by atoms with Gasteiger partial charge >= 0.3 is 0 Å². The van der Waals surface area contributed by atoms with Crippen LogP contribution in [0.25, 0.3) is 10.9 Å². The largest absolute Gasteiger partial charge is 0.494 e. The summed E-state index contributed by atoms with van der Waals surface area (Å²) in [6.45, 7) is 7.53. The van der Waals surface area contributed by atoms with Crippen LogP contribution in [0.3, 0.4) is 0 Å². The van der Waals surface area contributed by atoms with E-state index < -0.39 is 19.9 Å². The Kier molecular flexibility index (Phi) is 7.66. The molecule has 10 heteroatoms. The van der Waals surface area contributed by atoms with Crippen molar-refractivity contribution in [3.05, 3.63) is 83.6 Å². The third-order valence-electron chi connectivity index (χ3n) is 6.09. The summed E-state index contributed by atoms with van der Waals surface area (Å²) in [4.78, 5) is 12.8. The number of ketones is 1. The van der Waals surface area contributed by atoms with Gasteiger partial charge in [-0.1, -0.05) is 6.07 Å². The second kappa shape index (κ2) is 10.6. The summed E-state index contributed by atoms with van der Waals surface area (Å²) in [5, 5.41) is 0.379. The number of benzene rings is 3. The van der Waals surface area contributed by atoms with Crippen molar-refractivity contribution in [2.75, 3.05) is 13.2 Å². The molecule has 0 radical (unpaired) electrons. The zero-order valence-electron chi connectivity index (χ0n) is 21.6. The topological polar surface area (TPSA) is 109 Å².